The summed E-state index contributed by atoms with van der Waals surface area (Å²) in [5, 5.41) is 57.2. The topological polar surface area (TPSA) is 182 Å². The van der Waals surface area contributed by atoms with Gasteiger partial charge < -0.3 is 31.3 Å². The number of likely N-dealkylation sites (N-methyl/N-ethyl adjacent to an activating group) is 1. The number of aliphatic hydroxyl groups is 4. The minimum absolute atomic E-state index is 0.0314. The third-order valence-electron chi connectivity index (χ3n) is 9.49. The van der Waals surface area contributed by atoms with Crippen LogP contribution in [0.15, 0.2) is 34.8 Å². The summed E-state index contributed by atoms with van der Waals surface area (Å²) in [4.78, 5) is 41.0. The smallest absolute Gasteiger partial charge is 0.255 e. The molecular weight excluding hydrogens is 492 g/mol. The van der Waals surface area contributed by atoms with E-state index in [0.717, 1.165) is 25.7 Å². The highest BCUT2D eigenvalue weighted by Gasteiger charge is 2.67. The molecule has 0 saturated heterocycles. The number of phenols is 1. The second-order valence-corrected chi connectivity index (χ2v) is 11.7. The maximum Gasteiger partial charge on any atom is 0.255 e. The van der Waals surface area contributed by atoms with E-state index >= 15 is 0 Å². The Bertz CT molecular complexity index is 1340. The number of nitrogens with two attached hydrogens (primary N) is 1. The molecule has 0 radical (unpaired) electrons. The molecule has 0 unspecified atom stereocenters. The number of ketones is 2. The molecule has 1 saturated carbocycles. The van der Waals surface area contributed by atoms with E-state index in [1.807, 2.05) is 13.0 Å². The number of Topliss-reactive ketones (excluding diaryl/α,β-unsaturated/α-hetero) is 2. The number of aromatic hydroxyl groups is 1. The number of hydrogen-bond acceptors (Lipinski definition) is 9. The number of primary amides is 1. The molecule has 0 spiro atoms. The summed E-state index contributed by atoms with van der Waals surface area (Å²) in [6, 6.07) is 2.29. The molecule has 1 aromatic rings. The number of amides is 1. The fourth-order valence-electron chi connectivity index (χ4n) is 7.53. The molecule has 38 heavy (non-hydrogen) atoms. The van der Waals surface area contributed by atoms with Gasteiger partial charge in [0.05, 0.1) is 23.6 Å². The second kappa shape index (κ2) is 8.39. The van der Waals surface area contributed by atoms with Crippen molar-refractivity contribution in [2.45, 2.75) is 68.6 Å². The third-order valence-corrected chi connectivity index (χ3v) is 9.49. The Morgan fingerprint density at radius 2 is 1.71 bits per heavy atom. The summed E-state index contributed by atoms with van der Waals surface area (Å²) < 4.78 is 0. The summed E-state index contributed by atoms with van der Waals surface area (Å²) in [5.74, 6) is -8.65. The molecule has 5 rings (SSSR count). The maximum atomic E-state index is 14.0. The van der Waals surface area contributed by atoms with E-state index in [-0.39, 0.29) is 16.7 Å². The van der Waals surface area contributed by atoms with E-state index in [2.05, 4.69) is 0 Å². The molecule has 204 valence electrons. The Balaban J connectivity index is 1.76. The number of aliphatic hydroxyl groups excluding tert-OH is 3. The largest absolute Gasteiger partial charge is 0.510 e. The minimum atomic E-state index is -2.91. The zero-order valence-electron chi connectivity index (χ0n) is 21.9. The van der Waals surface area contributed by atoms with Crippen LogP contribution >= 0.6 is 0 Å². The van der Waals surface area contributed by atoms with Crippen LogP contribution in [-0.2, 0) is 15.0 Å². The van der Waals surface area contributed by atoms with E-state index in [1.165, 1.54) is 19.0 Å². The van der Waals surface area contributed by atoms with Crippen molar-refractivity contribution in [3.8, 4) is 5.75 Å². The van der Waals surface area contributed by atoms with Crippen molar-refractivity contribution in [3.05, 3.63) is 51.5 Å². The van der Waals surface area contributed by atoms with Gasteiger partial charge in [0.25, 0.3) is 5.91 Å². The zero-order valence-corrected chi connectivity index (χ0v) is 21.9. The first kappa shape index (κ1) is 26.4. The quantitative estimate of drug-likeness (QED) is 0.318. The van der Waals surface area contributed by atoms with Crippen LogP contribution in [0.25, 0.3) is 0 Å². The van der Waals surface area contributed by atoms with Gasteiger partial charge in [-0.15, -0.1) is 0 Å². The molecule has 0 aliphatic heterocycles. The highest BCUT2D eigenvalue weighted by atomic mass is 16.4. The normalized spacial score (nSPS) is 34.3. The SMILES string of the molecule is C[C@H]1c2ccc(C3(C)CCCC3)c(O)c2C(=O)C2=C(O)[C@]3(O)C(=O)C(C(N)=O)=C(O)[C@@H](N(C)C)[C@@H]3[C@@H](O)[C@@H]21. The Morgan fingerprint density at radius 3 is 2.26 bits per heavy atom. The average molecular weight is 527 g/mol. The Morgan fingerprint density at radius 1 is 1.11 bits per heavy atom. The van der Waals surface area contributed by atoms with Gasteiger partial charge in [0, 0.05) is 17.1 Å². The molecule has 6 atom stereocenters. The lowest BCUT2D eigenvalue weighted by atomic mass is 9.55. The van der Waals surface area contributed by atoms with Crippen LogP contribution in [0.5, 0.6) is 5.75 Å². The molecule has 7 N–H and O–H groups in total. The van der Waals surface area contributed by atoms with E-state index in [0.29, 0.717) is 11.1 Å². The highest BCUT2D eigenvalue weighted by Crippen LogP contribution is 2.56. The van der Waals surface area contributed by atoms with Gasteiger partial charge in [0.1, 0.15) is 22.8 Å². The number of carbonyl (C=O) groups excluding carboxylic acids is 3. The number of hydrogen-bond donors (Lipinski definition) is 6. The highest BCUT2D eigenvalue weighted by molar-refractivity contribution is 6.25. The van der Waals surface area contributed by atoms with Crippen LogP contribution in [0, 0.1) is 11.8 Å². The molecule has 4 aliphatic carbocycles. The van der Waals surface area contributed by atoms with Gasteiger partial charge in [-0.25, -0.2) is 0 Å². The van der Waals surface area contributed by atoms with Crippen molar-refractivity contribution in [1.29, 1.82) is 0 Å². The van der Waals surface area contributed by atoms with Crippen molar-refractivity contribution in [3.63, 3.8) is 0 Å². The van der Waals surface area contributed by atoms with Crippen LogP contribution in [0.2, 0.25) is 0 Å². The third kappa shape index (κ3) is 3.14. The summed E-state index contributed by atoms with van der Waals surface area (Å²) in [6.07, 6.45) is 2.06. The van der Waals surface area contributed by atoms with Gasteiger partial charge >= 0.3 is 0 Å². The first-order valence-corrected chi connectivity index (χ1v) is 12.9. The number of benzene rings is 1. The van der Waals surface area contributed by atoms with Gasteiger partial charge in [0.15, 0.2) is 11.4 Å². The number of fused-ring (bicyclic) bond motifs is 3. The fraction of sp³-hybridized carbons (Fsp3) is 0.536. The Hall–Kier alpha value is -3.21. The molecule has 0 heterocycles. The van der Waals surface area contributed by atoms with E-state index in [4.69, 9.17) is 5.73 Å². The molecule has 1 amide bonds. The summed E-state index contributed by atoms with van der Waals surface area (Å²) in [6.45, 7) is 3.76. The van der Waals surface area contributed by atoms with Crippen LogP contribution in [0.4, 0.5) is 0 Å². The lowest BCUT2D eigenvalue weighted by Gasteiger charge is -2.53. The standard InChI is InChI=1S/C28H34N2O8/c1-11-12-7-8-13(27(2)9-5-6-10-27)20(31)15(12)21(32)16-14(11)22(33)18-19(30(3)4)23(34)17(26(29)37)25(36)28(18,38)24(16)35/h7-8,11,14,18-19,22,31,33-35,38H,5-6,9-10H2,1-4H3,(H2,29,37)/t11-,14+,18+,19-,22-,28-/m0/s1. The molecule has 1 fully saturated rings. The van der Waals surface area contributed by atoms with E-state index < -0.39 is 75.6 Å². The van der Waals surface area contributed by atoms with Gasteiger partial charge in [0.2, 0.25) is 5.78 Å². The maximum absolute atomic E-state index is 14.0. The van der Waals surface area contributed by atoms with Crippen molar-refractivity contribution in [2.24, 2.45) is 17.6 Å². The van der Waals surface area contributed by atoms with Crippen LogP contribution in [0.3, 0.4) is 0 Å². The summed E-state index contributed by atoms with van der Waals surface area (Å²) >= 11 is 0. The minimum Gasteiger partial charge on any atom is -0.510 e. The number of rotatable bonds is 3. The lowest BCUT2D eigenvalue weighted by Crippen LogP contribution is -2.68. The van der Waals surface area contributed by atoms with E-state index in [1.54, 1.807) is 13.0 Å². The number of phenolic OH excluding ortho intramolecular Hbond substituents is 1. The molecule has 1 aromatic carbocycles. The van der Waals surface area contributed by atoms with Gasteiger partial charge in [-0.1, -0.05) is 38.8 Å². The Labute approximate surface area is 220 Å². The van der Waals surface area contributed by atoms with Crippen LogP contribution in [0.1, 0.15) is 66.9 Å². The molecule has 0 aromatic heterocycles. The summed E-state index contributed by atoms with van der Waals surface area (Å²) in [5.41, 5.74) is 1.88. The van der Waals surface area contributed by atoms with Gasteiger partial charge in [-0.05, 0) is 43.8 Å². The zero-order chi connectivity index (χ0) is 28.1. The predicted molar refractivity (Wildman–Crippen MR) is 136 cm³/mol. The monoisotopic (exact) mass is 526 g/mol. The number of nitrogens with zero attached hydrogens (tertiary/aromatic N) is 1. The van der Waals surface area contributed by atoms with Gasteiger partial charge in [-0.3, -0.25) is 19.3 Å². The first-order valence-electron chi connectivity index (χ1n) is 12.9. The molecule has 10 heteroatoms. The average Bonchev–Trinajstić information content (AvgIpc) is 3.28. The van der Waals surface area contributed by atoms with Crippen molar-refractivity contribution < 1.29 is 39.9 Å². The predicted octanol–water partition coefficient (Wildman–Crippen LogP) is 1.48. The van der Waals surface area contributed by atoms with Crippen molar-refractivity contribution in [1.82, 2.24) is 4.90 Å². The molecular formula is C28H34N2O8. The fourth-order valence-corrected chi connectivity index (χ4v) is 7.53. The van der Waals surface area contributed by atoms with E-state index in [9.17, 15) is 39.9 Å². The van der Waals surface area contributed by atoms with Crippen molar-refractivity contribution in [2.75, 3.05) is 14.1 Å². The number of carbonyl (C=O) groups is 3. The first-order chi connectivity index (χ1) is 17.7. The van der Waals surface area contributed by atoms with Crippen LogP contribution in [-0.4, -0.2) is 79.7 Å². The Kier molecular flexibility index (Phi) is 5.83. The lowest BCUT2D eigenvalue weighted by molar-refractivity contribution is -0.162. The molecule has 0 bridgehead atoms. The van der Waals surface area contributed by atoms with Crippen molar-refractivity contribution >= 4 is 17.5 Å². The second-order valence-electron chi connectivity index (χ2n) is 11.7. The molecule has 10 nitrogen and oxygen atoms in total. The molecule has 4 aliphatic rings. The van der Waals surface area contributed by atoms with Crippen LogP contribution < -0.4 is 5.73 Å². The summed E-state index contributed by atoms with van der Waals surface area (Å²) in [7, 11) is 3.01. The van der Waals surface area contributed by atoms with Gasteiger partial charge in [-0.2, -0.15) is 0 Å².